The van der Waals surface area contributed by atoms with Gasteiger partial charge in [0, 0.05) is 0 Å². The zero-order valence-electron chi connectivity index (χ0n) is 11.7. The van der Waals surface area contributed by atoms with Gasteiger partial charge >= 0.3 is 0 Å². The van der Waals surface area contributed by atoms with Crippen LogP contribution in [0.2, 0.25) is 0 Å². The van der Waals surface area contributed by atoms with Gasteiger partial charge in [-0.25, -0.2) is 8.42 Å². The number of benzene rings is 1. The summed E-state index contributed by atoms with van der Waals surface area (Å²) in [5.41, 5.74) is -0.0142. The Bertz CT molecular complexity index is 816. The van der Waals surface area contributed by atoms with Gasteiger partial charge in [0.1, 0.15) is 13.4 Å². The van der Waals surface area contributed by atoms with Crippen LogP contribution >= 0.6 is 0 Å². The summed E-state index contributed by atoms with van der Waals surface area (Å²) in [6.45, 7) is 4.84. The van der Waals surface area contributed by atoms with Crippen LogP contribution in [0.4, 0.5) is 0 Å². The number of rotatable bonds is 2. The zero-order chi connectivity index (χ0) is 15.1. The van der Waals surface area contributed by atoms with Crippen LogP contribution < -0.4 is 10.4 Å². The van der Waals surface area contributed by atoms with Crippen LogP contribution in [-0.2, 0) is 9.84 Å². The van der Waals surface area contributed by atoms with E-state index in [1.54, 1.807) is 26.8 Å². The van der Waals surface area contributed by atoms with Crippen molar-refractivity contribution in [3.8, 4) is 0 Å². The lowest BCUT2D eigenvalue weighted by molar-refractivity contribution is 0.174. The minimum atomic E-state index is -3.52. The molecule has 0 aliphatic heterocycles. The minimum absolute atomic E-state index is 0.102. The van der Waals surface area contributed by atoms with Gasteiger partial charge in [0.05, 0.1) is 20.5 Å². The van der Waals surface area contributed by atoms with Gasteiger partial charge in [-0.15, -0.1) is 0 Å². The van der Waals surface area contributed by atoms with E-state index in [1.807, 2.05) is 0 Å². The Morgan fingerprint density at radius 3 is 2.45 bits per heavy atom. The van der Waals surface area contributed by atoms with Crippen molar-refractivity contribution in [1.29, 1.82) is 0 Å². The summed E-state index contributed by atoms with van der Waals surface area (Å²) in [5, 5.41) is 0.208. The average Bonchev–Trinajstić information content (AvgIpc) is 2.37. The summed E-state index contributed by atoms with van der Waals surface area (Å²) in [4.78, 5) is 20.6. The molecular formula is C13H16N2O4S. The summed E-state index contributed by atoms with van der Waals surface area (Å²) >= 11 is 0. The van der Waals surface area contributed by atoms with Crippen molar-refractivity contribution in [2.75, 3.05) is 7.11 Å². The SMILES string of the molecule is COn1cnc(=O)c2cc(S(=O)(=O)C(C)(C)C)ccc21. The third-order valence-electron chi connectivity index (χ3n) is 3.03. The highest BCUT2D eigenvalue weighted by atomic mass is 32.2. The molecule has 0 saturated carbocycles. The normalized spacial score (nSPS) is 12.6. The van der Waals surface area contributed by atoms with Gasteiger partial charge in [-0.3, -0.25) is 4.79 Å². The van der Waals surface area contributed by atoms with Crippen LogP contribution in [0.3, 0.4) is 0 Å². The van der Waals surface area contributed by atoms with Crippen LogP contribution in [0.25, 0.3) is 10.9 Å². The molecule has 0 saturated heterocycles. The van der Waals surface area contributed by atoms with Crippen molar-refractivity contribution in [2.24, 2.45) is 0 Å². The van der Waals surface area contributed by atoms with Crippen molar-refractivity contribution < 1.29 is 13.3 Å². The first-order valence-electron chi connectivity index (χ1n) is 5.99. The number of aromatic nitrogens is 2. The number of hydrogen-bond acceptors (Lipinski definition) is 5. The van der Waals surface area contributed by atoms with E-state index < -0.39 is 20.1 Å². The molecule has 0 unspecified atom stereocenters. The van der Waals surface area contributed by atoms with Gasteiger partial charge in [-0.2, -0.15) is 9.71 Å². The number of sulfone groups is 1. The standard InChI is InChI=1S/C13H16N2O4S/c1-13(2,3)20(17,18)9-5-6-11-10(7-9)12(16)14-8-15(11)19-4/h5-8H,1-4H3. The van der Waals surface area contributed by atoms with E-state index in [1.165, 1.54) is 30.3 Å². The first kappa shape index (κ1) is 14.5. The van der Waals surface area contributed by atoms with Gasteiger partial charge < -0.3 is 4.84 Å². The van der Waals surface area contributed by atoms with Gasteiger partial charge in [0.25, 0.3) is 5.56 Å². The molecule has 0 aliphatic rings. The first-order valence-corrected chi connectivity index (χ1v) is 7.47. The molecule has 1 aromatic carbocycles. The van der Waals surface area contributed by atoms with E-state index in [2.05, 4.69) is 4.98 Å². The van der Waals surface area contributed by atoms with Crippen LogP contribution in [0.5, 0.6) is 0 Å². The molecule has 0 amide bonds. The summed E-state index contributed by atoms with van der Waals surface area (Å²) in [6, 6.07) is 4.36. The fourth-order valence-electron chi connectivity index (χ4n) is 1.78. The second kappa shape index (κ2) is 4.59. The molecule has 20 heavy (non-hydrogen) atoms. The Balaban J connectivity index is 2.80. The Morgan fingerprint density at radius 1 is 1.25 bits per heavy atom. The Morgan fingerprint density at radius 2 is 1.90 bits per heavy atom. The molecule has 2 rings (SSSR count). The van der Waals surface area contributed by atoms with E-state index in [9.17, 15) is 13.2 Å². The van der Waals surface area contributed by atoms with Crippen molar-refractivity contribution in [2.45, 2.75) is 30.4 Å². The lowest BCUT2D eigenvalue weighted by Gasteiger charge is -2.19. The Hall–Kier alpha value is -1.89. The maximum Gasteiger partial charge on any atom is 0.280 e. The van der Waals surface area contributed by atoms with Crippen LogP contribution in [0, 0.1) is 0 Å². The largest absolute Gasteiger partial charge is 0.416 e. The van der Waals surface area contributed by atoms with E-state index >= 15 is 0 Å². The molecule has 0 N–H and O–H groups in total. The van der Waals surface area contributed by atoms with E-state index in [4.69, 9.17) is 4.84 Å². The highest BCUT2D eigenvalue weighted by molar-refractivity contribution is 7.92. The van der Waals surface area contributed by atoms with Crippen molar-refractivity contribution in [1.82, 2.24) is 9.71 Å². The molecule has 6 nitrogen and oxygen atoms in total. The lowest BCUT2D eigenvalue weighted by atomic mass is 10.2. The molecule has 1 heterocycles. The summed E-state index contributed by atoms with van der Waals surface area (Å²) in [5.74, 6) is 0. The Kier molecular flexibility index (Phi) is 3.33. The Labute approximate surface area is 116 Å². The molecule has 2 aromatic rings. The predicted molar refractivity (Wildman–Crippen MR) is 75.4 cm³/mol. The van der Waals surface area contributed by atoms with E-state index in [-0.39, 0.29) is 10.3 Å². The van der Waals surface area contributed by atoms with Crippen LogP contribution in [0.1, 0.15) is 20.8 Å². The van der Waals surface area contributed by atoms with Crippen LogP contribution in [0.15, 0.2) is 34.2 Å². The molecule has 108 valence electrons. The van der Waals surface area contributed by atoms with Gasteiger partial charge in [-0.1, -0.05) is 0 Å². The number of hydrogen-bond donors (Lipinski definition) is 0. The van der Waals surface area contributed by atoms with Crippen molar-refractivity contribution in [3.05, 3.63) is 34.9 Å². The molecule has 0 fully saturated rings. The number of fused-ring (bicyclic) bond motifs is 1. The second-order valence-electron chi connectivity index (χ2n) is 5.35. The third kappa shape index (κ3) is 2.18. The summed E-state index contributed by atoms with van der Waals surface area (Å²) < 4.78 is 25.2. The second-order valence-corrected chi connectivity index (χ2v) is 8.06. The summed E-state index contributed by atoms with van der Waals surface area (Å²) in [6.07, 6.45) is 1.25. The molecule has 0 aliphatic carbocycles. The maximum atomic E-state index is 12.4. The first-order chi connectivity index (χ1) is 9.18. The summed E-state index contributed by atoms with van der Waals surface area (Å²) in [7, 11) is -2.09. The van der Waals surface area contributed by atoms with Gasteiger partial charge in [0.15, 0.2) is 9.84 Å². The van der Waals surface area contributed by atoms with Gasteiger partial charge in [-0.05, 0) is 39.0 Å². The van der Waals surface area contributed by atoms with Gasteiger partial charge in [0.2, 0.25) is 0 Å². The van der Waals surface area contributed by atoms with Crippen molar-refractivity contribution >= 4 is 20.7 Å². The molecular weight excluding hydrogens is 280 g/mol. The average molecular weight is 296 g/mol. The highest BCUT2D eigenvalue weighted by Gasteiger charge is 2.31. The third-order valence-corrected chi connectivity index (χ3v) is 5.52. The lowest BCUT2D eigenvalue weighted by Crippen LogP contribution is -2.28. The maximum absolute atomic E-state index is 12.4. The zero-order valence-corrected chi connectivity index (χ0v) is 12.6. The smallest absolute Gasteiger partial charge is 0.280 e. The molecule has 0 atom stereocenters. The topological polar surface area (TPSA) is 78.3 Å². The van der Waals surface area contributed by atoms with E-state index in [0.29, 0.717) is 5.52 Å². The fourth-order valence-corrected chi connectivity index (χ4v) is 3.01. The van der Waals surface area contributed by atoms with Crippen molar-refractivity contribution in [3.63, 3.8) is 0 Å². The molecule has 1 aromatic heterocycles. The van der Waals surface area contributed by atoms with E-state index in [0.717, 1.165) is 0 Å². The molecule has 0 spiro atoms. The highest BCUT2D eigenvalue weighted by Crippen LogP contribution is 2.26. The molecule has 0 radical (unpaired) electrons. The van der Waals surface area contributed by atoms with Crippen LogP contribution in [-0.4, -0.2) is 30.0 Å². The quantitative estimate of drug-likeness (QED) is 0.827. The minimum Gasteiger partial charge on any atom is -0.416 e. The monoisotopic (exact) mass is 296 g/mol. The molecule has 0 bridgehead atoms. The molecule has 7 heteroatoms. The number of nitrogens with zero attached hydrogens (tertiary/aromatic N) is 2. The predicted octanol–water partition coefficient (Wildman–Crippen LogP) is 1.03. The fraction of sp³-hybridized carbons (Fsp3) is 0.385.